The van der Waals surface area contributed by atoms with Gasteiger partial charge in [-0.3, -0.25) is 0 Å². The first-order valence-corrected chi connectivity index (χ1v) is 5.94. The molecule has 5 nitrogen and oxygen atoms in total. The van der Waals surface area contributed by atoms with Crippen LogP contribution in [-0.4, -0.2) is 30.4 Å². The highest BCUT2D eigenvalue weighted by Crippen LogP contribution is 2.29. The lowest BCUT2D eigenvalue weighted by molar-refractivity contribution is -0.110. The lowest BCUT2D eigenvalue weighted by Gasteiger charge is -2.38. The van der Waals surface area contributed by atoms with Gasteiger partial charge in [-0.1, -0.05) is 6.92 Å². The number of rotatable bonds is 4. The van der Waals surface area contributed by atoms with Crippen molar-refractivity contribution in [2.45, 2.75) is 20.4 Å². The predicted molar refractivity (Wildman–Crippen MR) is 64.0 cm³/mol. The molecule has 1 fully saturated rings. The van der Waals surface area contributed by atoms with Crippen molar-refractivity contribution in [2.24, 2.45) is 5.41 Å². The summed E-state index contributed by atoms with van der Waals surface area (Å²) >= 11 is 0. The summed E-state index contributed by atoms with van der Waals surface area (Å²) in [5, 5.41) is 9.02. The van der Waals surface area contributed by atoms with Crippen LogP contribution in [0.15, 0.2) is 12.3 Å². The monoisotopic (exact) mass is 248 g/mol. The van der Waals surface area contributed by atoms with Gasteiger partial charge in [0.25, 0.3) is 0 Å². The molecule has 0 spiro atoms. The standard InChI is InChI=1S/C13H16N2O3/c1-3-18-12(16)11-10(6-14)4-5-15(11)7-13(2)8-17-9-13/h4-5H,3,7-9H2,1-2H3. The average molecular weight is 248 g/mol. The molecule has 1 saturated heterocycles. The number of ether oxygens (including phenoxy) is 2. The topological polar surface area (TPSA) is 64.2 Å². The third-order valence-corrected chi connectivity index (χ3v) is 3.01. The van der Waals surface area contributed by atoms with Crippen LogP contribution in [0.5, 0.6) is 0 Å². The number of carbonyl (C=O) groups excluding carboxylic acids is 1. The van der Waals surface area contributed by atoms with Gasteiger partial charge in [0.1, 0.15) is 11.8 Å². The van der Waals surface area contributed by atoms with Gasteiger partial charge in [0, 0.05) is 18.2 Å². The highest BCUT2D eigenvalue weighted by Gasteiger charge is 2.35. The number of esters is 1. The summed E-state index contributed by atoms with van der Waals surface area (Å²) < 4.78 is 12.0. The van der Waals surface area contributed by atoms with Crippen LogP contribution in [0, 0.1) is 16.7 Å². The van der Waals surface area contributed by atoms with Gasteiger partial charge >= 0.3 is 5.97 Å². The van der Waals surface area contributed by atoms with Gasteiger partial charge in [0.15, 0.2) is 0 Å². The average Bonchev–Trinajstić information content (AvgIpc) is 2.70. The number of hydrogen-bond donors (Lipinski definition) is 0. The van der Waals surface area contributed by atoms with E-state index in [1.54, 1.807) is 23.8 Å². The Morgan fingerprint density at radius 3 is 2.89 bits per heavy atom. The molecule has 1 aliphatic rings. The van der Waals surface area contributed by atoms with E-state index < -0.39 is 5.97 Å². The second-order valence-electron chi connectivity index (χ2n) is 4.84. The third-order valence-electron chi connectivity index (χ3n) is 3.01. The zero-order chi connectivity index (χ0) is 13.2. The van der Waals surface area contributed by atoms with E-state index >= 15 is 0 Å². The quantitative estimate of drug-likeness (QED) is 0.759. The molecule has 18 heavy (non-hydrogen) atoms. The van der Waals surface area contributed by atoms with Crippen LogP contribution in [0.1, 0.15) is 29.9 Å². The maximum atomic E-state index is 11.9. The maximum Gasteiger partial charge on any atom is 0.356 e. The normalized spacial score (nSPS) is 16.7. The molecule has 2 heterocycles. The minimum Gasteiger partial charge on any atom is -0.461 e. The van der Waals surface area contributed by atoms with Crippen LogP contribution in [-0.2, 0) is 16.0 Å². The van der Waals surface area contributed by atoms with E-state index in [9.17, 15) is 4.79 Å². The Morgan fingerprint density at radius 2 is 2.39 bits per heavy atom. The van der Waals surface area contributed by atoms with E-state index in [0.29, 0.717) is 37.6 Å². The Bertz CT molecular complexity index is 495. The Hall–Kier alpha value is -1.80. The van der Waals surface area contributed by atoms with Crippen molar-refractivity contribution in [3.63, 3.8) is 0 Å². The van der Waals surface area contributed by atoms with Crippen LogP contribution in [0.3, 0.4) is 0 Å². The van der Waals surface area contributed by atoms with E-state index in [4.69, 9.17) is 14.7 Å². The summed E-state index contributed by atoms with van der Waals surface area (Å²) in [6.45, 7) is 6.15. The van der Waals surface area contributed by atoms with Gasteiger partial charge in [-0.25, -0.2) is 4.79 Å². The lowest BCUT2D eigenvalue weighted by atomic mass is 9.88. The van der Waals surface area contributed by atoms with Gasteiger partial charge in [-0.15, -0.1) is 0 Å². The minimum absolute atomic E-state index is 0.0347. The number of carbonyl (C=O) groups is 1. The van der Waals surface area contributed by atoms with Gasteiger partial charge in [0.05, 0.1) is 25.4 Å². The van der Waals surface area contributed by atoms with Crippen molar-refractivity contribution in [3.05, 3.63) is 23.5 Å². The summed E-state index contributed by atoms with van der Waals surface area (Å²) in [7, 11) is 0. The summed E-state index contributed by atoms with van der Waals surface area (Å²) in [5.41, 5.74) is 0.734. The van der Waals surface area contributed by atoms with Gasteiger partial charge in [0.2, 0.25) is 0 Å². The molecule has 0 bridgehead atoms. The summed E-state index contributed by atoms with van der Waals surface area (Å²) in [4.78, 5) is 11.9. The second kappa shape index (κ2) is 4.83. The van der Waals surface area contributed by atoms with Crippen molar-refractivity contribution in [2.75, 3.05) is 19.8 Å². The molecule has 0 saturated carbocycles. The molecule has 0 radical (unpaired) electrons. The molecule has 0 atom stereocenters. The number of hydrogen-bond acceptors (Lipinski definition) is 4. The summed E-state index contributed by atoms with van der Waals surface area (Å²) in [6.07, 6.45) is 1.76. The Labute approximate surface area is 106 Å². The minimum atomic E-state index is -0.442. The predicted octanol–water partition coefficient (Wildman–Crippen LogP) is 1.57. The van der Waals surface area contributed by atoms with E-state index in [0.717, 1.165) is 0 Å². The molecule has 1 aromatic heterocycles. The smallest absolute Gasteiger partial charge is 0.356 e. The molecule has 0 aromatic carbocycles. The fourth-order valence-corrected chi connectivity index (χ4v) is 2.07. The molecule has 1 aliphatic heterocycles. The molecular weight excluding hydrogens is 232 g/mol. The molecule has 1 aromatic rings. The van der Waals surface area contributed by atoms with Gasteiger partial charge in [-0.2, -0.15) is 5.26 Å². The molecule has 0 aliphatic carbocycles. The second-order valence-corrected chi connectivity index (χ2v) is 4.84. The van der Waals surface area contributed by atoms with Crippen LogP contribution in [0.4, 0.5) is 0 Å². The van der Waals surface area contributed by atoms with Gasteiger partial charge in [-0.05, 0) is 13.0 Å². The highest BCUT2D eigenvalue weighted by molar-refractivity contribution is 5.90. The Morgan fingerprint density at radius 1 is 1.67 bits per heavy atom. The molecule has 5 heteroatoms. The molecule has 96 valence electrons. The fourth-order valence-electron chi connectivity index (χ4n) is 2.07. The summed E-state index contributed by atoms with van der Waals surface area (Å²) in [5.74, 6) is -0.442. The zero-order valence-corrected chi connectivity index (χ0v) is 10.6. The lowest BCUT2D eigenvalue weighted by Crippen LogP contribution is -2.43. The molecule has 0 amide bonds. The van der Waals surface area contributed by atoms with E-state index in [1.165, 1.54) is 0 Å². The number of nitriles is 1. The van der Waals surface area contributed by atoms with Gasteiger partial charge < -0.3 is 14.0 Å². The van der Waals surface area contributed by atoms with Crippen LogP contribution >= 0.6 is 0 Å². The first-order valence-electron chi connectivity index (χ1n) is 5.94. The number of aromatic nitrogens is 1. The van der Waals surface area contributed by atoms with Crippen LogP contribution in [0.2, 0.25) is 0 Å². The van der Waals surface area contributed by atoms with Crippen molar-refractivity contribution < 1.29 is 14.3 Å². The summed E-state index contributed by atoms with van der Waals surface area (Å²) in [6, 6.07) is 3.67. The third kappa shape index (κ3) is 2.24. The number of nitrogens with zero attached hydrogens (tertiary/aromatic N) is 2. The van der Waals surface area contributed by atoms with E-state index in [1.807, 2.05) is 6.07 Å². The first-order chi connectivity index (χ1) is 8.59. The SMILES string of the molecule is CCOC(=O)c1c(C#N)ccn1CC1(C)COC1. The van der Waals surface area contributed by atoms with Crippen molar-refractivity contribution in [1.29, 1.82) is 5.26 Å². The molecule has 0 N–H and O–H groups in total. The molecular formula is C13H16N2O3. The van der Waals surface area contributed by atoms with Crippen LogP contribution in [0.25, 0.3) is 0 Å². The first kappa shape index (κ1) is 12.7. The highest BCUT2D eigenvalue weighted by atomic mass is 16.5. The van der Waals surface area contributed by atoms with Crippen molar-refractivity contribution >= 4 is 5.97 Å². The maximum absolute atomic E-state index is 11.9. The Balaban J connectivity index is 2.27. The van der Waals surface area contributed by atoms with Crippen LogP contribution < -0.4 is 0 Å². The Kier molecular flexibility index (Phi) is 3.39. The molecule has 0 unspecified atom stereocenters. The largest absolute Gasteiger partial charge is 0.461 e. The zero-order valence-electron chi connectivity index (χ0n) is 10.6. The fraction of sp³-hybridized carbons (Fsp3) is 0.538. The van der Waals surface area contributed by atoms with E-state index in [-0.39, 0.29) is 5.41 Å². The van der Waals surface area contributed by atoms with E-state index in [2.05, 4.69) is 6.92 Å². The molecule has 2 rings (SSSR count). The van der Waals surface area contributed by atoms with Crippen molar-refractivity contribution in [3.8, 4) is 6.07 Å². The van der Waals surface area contributed by atoms with Crippen molar-refractivity contribution in [1.82, 2.24) is 4.57 Å².